The van der Waals surface area contributed by atoms with E-state index in [1.807, 2.05) is 6.92 Å². The summed E-state index contributed by atoms with van der Waals surface area (Å²) in [5, 5.41) is 0. The van der Waals surface area contributed by atoms with Crippen molar-refractivity contribution in [3.63, 3.8) is 0 Å². The summed E-state index contributed by atoms with van der Waals surface area (Å²) in [6.07, 6.45) is -4.31. The molecule has 0 saturated carbocycles. The molecule has 3 nitrogen and oxygen atoms in total. The van der Waals surface area contributed by atoms with E-state index in [-0.39, 0.29) is 31.0 Å². The molecule has 1 aromatic carbocycles. The van der Waals surface area contributed by atoms with Crippen molar-refractivity contribution in [1.82, 2.24) is 0 Å². The smallest absolute Gasteiger partial charge is 0.416 e. The normalized spacial score (nSPS) is 13.1. The molecular weight excluding hydrogens is 285 g/mol. The molecule has 1 unspecified atom stereocenters. The van der Waals surface area contributed by atoms with Gasteiger partial charge in [-0.2, -0.15) is 13.2 Å². The minimum absolute atomic E-state index is 0.0847. The van der Waals surface area contributed by atoms with Crippen LogP contribution in [0.25, 0.3) is 0 Å². The van der Waals surface area contributed by atoms with Crippen LogP contribution in [0.1, 0.15) is 32.8 Å². The molecule has 0 aliphatic heterocycles. The molecule has 118 valence electrons. The van der Waals surface area contributed by atoms with Crippen molar-refractivity contribution in [3.8, 4) is 5.75 Å². The number of hydrogen-bond acceptors (Lipinski definition) is 3. The predicted molar refractivity (Wildman–Crippen MR) is 71.9 cm³/mol. The Hall–Kier alpha value is -1.72. The lowest BCUT2D eigenvalue weighted by molar-refractivity contribution is -0.148. The van der Waals surface area contributed by atoms with Crippen LogP contribution < -0.4 is 4.74 Å². The van der Waals surface area contributed by atoms with Crippen molar-refractivity contribution < 1.29 is 27.4 Å². The van der Waals surface area contributed by atoms with Crippen LogP contribution in [-0.4, -0.2) is 18.7 Å². The predicted octanol–water partition coefficient (Wildman–Crippen LogP) is 4.06. The number of esters is 1. The Balaban J connectivity index is 2.43. The van der Waals surface area contributed by atoms with Crippen molar-refractivity contribution in [2.45, 2.75) is 39.5 Å². The van der Waals surface area contributed by atoms with Gasteiger partial charge in [-0.05, 0) is 38.1 Å². The van der Waals surface area contributed by atoms with E-state index in [9.17, 15) is 18.0 Å². The van der Waals surface area contributed by atoms with E-state index < -0.39 is 11.7 Å². The first kappa shape index (κ1) is 17.3. The minimum Gasteiger partial charge on any atom is -0.493 e. The van der Waals surface area contributed by atoms with Crippen LogP contribution in [0.15, 0.2) is 24.3 Å². The van der Waals surface area contributed by atoms with Gasteiger partial charge in [-0.15, -0.1) is 0 Å². The number of carbonyl (C=O) groups excluding carboxylic acids is 1. The molecule has 6 heteroatoms. The first-order chi connectivity index (χ1) is 9.68. The molecule has 0 saturated heterocycles. The number of halogens is 3. The van der Waals surface area contributed by atoms with Gasteiger partial charge < -0.3 is 9.47 Å². The van der Waals surface area contributed by atoms with Gasteiger partial charge in [-0.3, -0.25) is 4.79 Å². The standard InChI is InChI=1S/C15H19F3O3/c1-10(2)21-14(19)8-11(3)9-20-13-6-4-12(5-7-13)15(16,17)18/h4-7,10-11H,8-9H2,1-3H3. The molecule has 0 aliphatic rings. The lowest BCUT2D eigenvalue weighted by atomic mass is 10.1. The van der Waals surface area contributed by atoms with Crippen LogP contribution in [-0.2, 0) is 15.7 Å². The molecule has 0 aromatic heterocycles. The highest BCUT2D eigenvalue weighted by Gasteiger charge is 2.30. The van der Waals surface area contributed by atoms with Gasteiger partial charge in [-0.25, -0.2) is 0 Å². The summed E-state index contributed by atoms with van der Waals surface area (Å²) >= 11 is 0. The van der Waals surface area contributed by atoms with Gasteiger partial charge in [0.2, 0.25) is 0 Å². The van der Waals surface area contributed by atoms with Gasteiger partial charge >= 0.3 is 12.1 Å². The second kappa shape index (κ2) is 7.33. The molecule has 0 amide bonds. The average molecular weight is 304 g/mol. The van der Waals surface area contributed by atoms with Gasteiger partial charge in [0.1, 0.15) is 5.75 Å². The Bertz CT molecular complexity index is 452. The molecule has 0 radical (unpaired) electrons. The maximum Gasteiger partial charge on any atom is 0.416 e. The highest BCUT2D eigenvalue weighted by Crippen LogP contribution is 2.30. The summed E-state index contributed by atoms with van der Waals surface area (Å²) in [5.74, 6) is -0.0564. The van der Waals surface area contributed by atoms with Crippen molar-refractivity contribution in [2.24, 2.45) is 5.92 Å². The first-order valence-electron chi connectivity index (χ1n) is 6.68. The van der Waals surface area contributed by atoms with Crippen LogP contribution >= 0.6 is 0 Å². The van der Waals surface area contributed by atoms with Crippen LogP contribution in [0.2, 0.25) is 0 Å². The number of alkyl halides is 3. The molecule has 0 fully saturated rings. The topological polar surface area (TPSA) is 35.5 Å². The molecule has 0 bridgehead atoms. The summed E-state index contributed by atoms with van der Waals surface area (Å²) in [4.78, 5) is 11.4. The lowest BCUT2D eigenvalue weighted by Crippen LogP contribution is -2.18. The number of rotatable bonds is 6. The third kappa shape index (κ3) is 6.51. The molecule has 1 rings (SSSR count). The molecule has 1 atom stereocenters. The molecule has 0 N–H and O–H groups in total. The number of hydrogen-bond donors (Lipinski definition) is 0. The molecule has 0 aliphatic carbocycles. The van der Waals surface area contributed by atoms with E-state index in [4.69, 9.17) is 9.47 Å². The van der Waals surface area contributed by atoms with Gasteiger partial charge in [-0.1, -0.05) is 6.92 Å². The Morgan fingerprint density at radius 1 is 1.14 bits per heavy atom. The minimum atomic E-state index is -4.35. The summed E-state index contributed by atoms with van der Waals surface area (Å²) in [6, 6.07) is 4.46. The fraction of sp³-hybridized carbons (Fsp3) is 0.533. The summed E-state index contributed by atoms with van der Waals surface area (Å²) in [5.41, 5.74) is -0.719. The molecule has 0 spiro atoms. The second-order valence-electron chi connectivity index (χ2n) is 5.18. The van der Waals surface area contributed by atoms with E-state index in [0.29, 0.717) is 5.75 Å². The van der Waals surface area contributed by atoms with Crippen molar-refractivity contribution in [3.05, 3.63) is 29.8 Å². The lowest BCUT2D eigenvalue weighted by Gasteiger charge is -2.14. The van der Waals surface area contributed by atoms with Crippen LogP contribution in [0.3, 0.4) is 0 Å². The molecule has 21 heavy (non-hydrogen) atoms. The van der Waals surface area contributed by atoms with E-state index in [1.54, 1.807) is 13.8 Å². The number of carbonyl (C=O) groups is 1. The Morgan fingerprint density at radius 3 is 2.19 bits per heavy atom. The quantitative estimate of drug-likeness (QED) is 0.743. The van der Waals surface area contributed by atoms with Crippen molar-refractivity contribution in [1.29, 1.82) is 0 Å². The highest BCUT2D eigenvalue weighted by molar-refractivity contribution is 5.69. The Kier molecular flexibility index (Phi) is 6.05. The van der Waals surface area contributed by atoms with E-state index in [2.05, 4.69) is 0 Å². The summed E-state index contributed by atoms with van der Waals surface area (Å²) in [7, 11) is 0. The fourth-order valence-electron chi connectivity index (χ4n) is 1.63. The molecular formula is C15H19F3O3. The number of ether oxygens (including phenoxy) is 2. The number of benzene rings is 1. The Morgan fingerprint density at radius 2 is 1.71 bits per heavy atom. The first-order valence-corrected chi connectivity index (χ1v) is 6.68. The summed E-state index contributed by atoms with van der Waals surface area (Å²) < 4.78 is 47.5. The third-order valence-corrected chi connectivity index (χ3v) is 2.60. The zero-order chi connectivity index (χ0) is 16.0. The van der Waals surface area contributed by atoms with Crippen LogP contribution in [0.5, 0.6) is 5.75 Å². The third-order valence-electron chi connectivity index (χ3n) is 2.60. The van der Waals surface area contributed by atoms with Gasteiger partial charge in [0.05, 0.1) is 24.7 Å². The maximum absolute atomic E-state index is 12.4. The largest absolute Gasteiger partial charge is 0.493 e. The fourth-order valence-corrected chi connectivity index (χ4v) is 1.63. The van der Waals surface area contributed by atoms with E-state index in [1.165, 1.54) is 12.1 Å². The van der Waals surface area contributed by atoms with Crippen molar-refractivity contribution in [2.75, 3.05) is 6.61 Å². The SMILES string of the molecule is CC(COc1ccc(C(F)(F)F)cc1)CC(=O)OC(C)C. The maximum atomic E-state index is 12.4. The van der Waals surface area contributed by atoms with Crippen LogP contribution in [0.4, 0.5) is 13.2 Å². The van der Waals surface area contributed by atoms with Crippen molar-refractivity contribution >= 4 is 5.97 Å². The second-order valence-corrected chi connectivity index (χ2v) is 5.18. The van der Waals surface area contributed by atoms with E-state index >= 15 is 0 Å². The monoisotopic (exact) mass is 304 g/mol. The zero-order valence-electron chi connectivity index (χ0n) is 12.2. The molecule has 0 heterocycles. The zero-order valence-corrected chi connectivity index (χ0v) is 12.2. The summed E-state index contributed by atoms with van der Waals surface area (Å²) in [6.45, 7) is 5.58. The Labute approximate surface area is 122 Å². The van der Waals surface area contributed by atoms with Gasteiger partial charge in [0.15, 0.2) is 0 Å². The highest BCUT2D eigenvalue weighted by atomic mass is 19.4. The molecule has 1 aromatic rings. The van der Waals surface area contributed by atoms with E-state index in [0.717, 1.165) is 12.1 Å². The van der Waals surface area contributed by atoms with Gasteiger partial charge in [0.25, 0.3) is 0 Å². The van der Waals surface area contributed by atoms with Crippen LogP contribution in [0, 0.1) is 5.92 Å². The average Bonchev–Trinajstić information content (AvgIpc) is 2.34. The van der Waals surface area contributed by atoms with Gasteiger partial charge in [0, 0.05) is 5.92 Å².